The molecule has 190 valence electrons. The summed E-state index contributed by atoms with van der Waals surface area (Å²) in [7, 11) is -3.90. The van der Waals surface area contributed by atoms with E-state index in [2.05, 4.69) is 4.72 Å². The van der Waals surface area contributed by atoms with Crippen LogP contribution in [0.25, 0.3) is 21.9 Å². The molecule has 2 heterocycles. The van der Waals surface area contributed by atoms with Crippen molar-refractivity contribution in [3.8, 4) is 11.1 Å². The molecule has 0 saturated heterocycles. The van der Waals surface area contributed by atoms with Gasteiger partial charge in [-0.05, 0) is 41.3 Å². The Morgan fingerprint density at radius 1 is 1.05 bits per heavy atom. The zero-order valence-electron chi connectivity index (χ0n) is 20.3. The van der Waals surface area contributed by atoms with Crippen LogP contribution in [0.2, 0.25) is 0 Å². The van der Waals surface area contributed by atoms with Gasteiger partial charge in [-0.25, -0.2) is 13.2 Å². The number of aromatic nitrogens is 1. The van der Waals surface area contributed by atoms with Crippen LogP contribution in [-0.2, 0) is 21.2 Å². The molecule has 0 saturated carbocycles. The van der Waals surface area contributed by atoms with E-state index in [1.54, 1.807) is 0 Å². The molecule has 9 heteroatoms. The number of hydrogen-bond donors (Lipinski definition) is 2. The third-order valence-corrected chi connectivity index (χ3v) is 9.50. The Balaban J connectivity index is 1.86. The average molecular weight is 535 g/mol. The number of carbonyl (C=O) groups is 1. The van der Waals surface area contributed by atoms with E-state index in [1.807, 2.05) is 72.8 Å². The van der Waals surface area contributed by atoms with Crippen LogP contribution in [0.5, 0.6) is 0 Å². The summed E-state index contributed by atoms with van der Waals surface area (Å²) in [4.78, 5) is 26.0. The molecule has 5 rings (SSSR count). The third-order valence-electron chi connectivity index (χ3n) is 6.62. The van der Waals surface area contributed by atoms with E-state index in [0.29, 0.717) is 16.2 Å². The fourth-order valence-corrected chi connectivity index (χ4v) is 6.71. The van der Waals surface area contributed by atoms with Crippen molar-refractivity contribution in [2.45, 2.75) is 36.6 Å². The molecule has 0 unspecified atom stereocenters. The Morgan fingerprint density at radius 2 is 1.73 bits per heavy atom. The van der Waals surface area contributed by atoms with E-state index < -0.39 is 32.8 Å². The minimum atomic E-state index is -3.90. The first-order valence-electron chi connectivity index (χ1n) is 11.9. The van der Waals surface area contributed by atoms with E-state index >= 15 is 0 Å². The van der Waals surface area contributed by atoms with Crippen molar-refractivity contribution >= 4 is 44.2 Å². The number of fused-ring (bicyclic) bond motifs is 2. The molecule has 0 aliphatic carbocycles. The topological polar surface area (TPSA) is 105 Å². The van der Waals surface area contributed by atoms with Gasteiger partial charge in [-0.15, -0.1) is 11.8 Å². The quantitative estimate of drug-likeness (QED) is 0.340. The minimum absolute atomic E-state index is 0.0991. The number of carboxylic acids is 1. The normalized spacial score (nSPS) is 15.2. The maximum Gasteiger partial charge on any atom is 0.327 e. The Labute approximate surface area is 219 Å². The van der Waals surface area contributed by atoms with Crippen LogP contribution in [-0.4, -0.2) is 35.1 Å². The number of thioether (sulfide) groups is 1. The van der Waals surface area contributed by atoms with Gasteiger partial charge in [0.2, 0.25) is 10.0 Å². The summed E-state index contributed by atoms with van der Waals surface area (Å²) in [5.74, 6) is -0.953. The third kappa shape index (κ3) is 4.53. The molecule has 1 aliphatic rings. The van der Waals surface area contributed by atoms with Crippen LogP contribution >= 0.6 is 11.8 Å². The van der Waals surface area contributed by atoms with Gasteiger partial charge < -0.3 is 5.11 Å². The lowest BCUT2D eigenvalue weighted by Gasteiger charge is -2.22. The summed E-state index contributed by atoms with van der Waals surface area (Å²) in [5.41, 5.74) is 2.17. The van der Waals surface area contributed by atoms with Crippen molar-refractivity contribution in [1.29, 1.82) is 0 Å². The molecule has 4 aromatic rings. The Kier molecular flexibility index (Phi) is 6.59. The van der Waals surface area contributed by atoms with Crippen molar-refractivity contribution < 1.29 is 18.3 Å². The summed E-state index contributed by atoms with van der Waals surface area (Å²) in [6.45, 7) is 3.07. The number of anilines is 1. The molecule has 1 aromatic heterocycles. The molecule has 0 spiro atoms. The highest BCUT2D eigenvalue weighted by Gasteiger charge is 2.36. The zero-order chi connectivity index (χ0) is 26.3. The number of nitrogens with zero attached hydrogens (tertiary/aromatic N) is 1. The smallest absolute Gasteiger partial charge is 0.327 e. The number of sulfonamides is 1. The van der Waals surface area contributed by atoms with Crippen LogP contribution < -0.4 is 10.3 Å². The molecular weight excluding hydrogens is 508 g/mol. The van der Waals surface area contributed by atoms with Crippen molar-refractivity contribution in [3.05, 3.63) is 94.3 Å². The lowest BCUT2D eigenvalue weighted by atomic mass is 9.92. The summed E-state index contributed by atoms with van der Waals surface area (Å²) in [5, 5.41) is 11.6. The number of carboxylic acid groups (broad SMARTS) is 1. The second-order valence-electron chi connectivity index (χ2n) is 9.25. The van der Waals surface area contributed by atoms with Crippen LogP contribution in [0.3, 0.4) is 0 Å². The molecule has 2 N–H and O–H groups in total. The van der Waals surface area contributed by atoms with Crippen LogP contribution in [0.15, 0.2) is 82.6 Å². The van der Waals surface area contributed by atoms with Gasteiger partial charge in [0.1, 0.15) is 11.7 Å². The van der Waals surface area contributed by atoms with Crippen LogP contribution in [0.1, 0.15) is 31.0 Å². The fourth-order valence-electron chi connectivity index (χ4n) is 4.64. The second-order valence-corrected chi connectivity index (χ2v) is 12.5. The van der Waals surface area contributed by atoms with E-state index in [1.165, 1.54) is 30.2 Å². The molecule has 0 bridgehead atoms. The second kappa shape index (κ2) is 9.72. The van der Waals surface area contributed by atoms with Gasteiger partial charge >= 0.3 is 5.97 Å². The lowest BCUT2D eigenvalue weighted by molar-refractivity contribution is -0.140. The summed E-state index contributed by atoms with van der Waals surface area (Å²) >= 11 is 1.31. The fraction of sp³-hybridized carbons (Fsp3) is 0.214. The number of hydrogen-bond acceptors (Lipinski definition) is 5. The molecule has 7 nitrogen and oxygen atoms in total. The van der Waals surface area contributed by atoms with Crippen LogP contribution in [0.4, 0.5) is 5.69 Å². The first-order chi connectivity index (χ1) is 17.7. The number of nitrogens with one attached hydrogen (secondary N) is 1. The predicted octanol–water partition coefficient (Wildman–Crippen LogP) is 5.14. The molecule has 0 amide bonds. The number of benzene rings is 3. The molecule has 1 atom stereocenters. The SMILES string of the molecule is CC(C)S(=O)(=O)Nc1c(Cc2cccc3ccccc23)c(-c2ccccc2)c2n(c1=O)[C@H](C(=O)O)CS2. The van der Waals surface area contributed by atoms with Gasteiger partial charge in [0, 0.05) is 17.7 Å². The predicted molar refractivity (Wildman–Crippen MR) is 148 cm³/mol. The highest BCUT2D eigenvalue weighted by molar-refractivity contribution is 7.99. The molecule has 37 heavy (non-hydrogen) atoms. The number of rotatable bonds is 7. The standard InChI is InChI=1S/C28H26N2O5S2/c1-17(2)37(34,35)29-25-22(15-20-13-8-12-18-9-6-7-14-21(18)20)24(19-10-4-3-5-11-19)27-30(26(25)31)23(16-36-27)28(32)33/h3-14,17,23,29H,15-16H2,1-2H3,(H,32,33)/t23-/m0/s1. The zero-order valence-corrected chi connectivity index (χ0v) is 22.0. The van der Waals surface area contributed by atoms with Gasteiger partial charge in [0.15, 0.2) is 0 Å². The molecule has 3 aromatic carbocycles. The number of pyridine rings is 1. The van der Waals surface area contributed by atoms with E-state index in [4.69, 9.17) is 0 Å². The highest BCUT2D eigenvalue weighted by atomic mass is 32.2. The summed E-state index contributed by atoms with van der Waals surface area (Å²) in [6.07, 6.45) is 0.281. The van der Waals surface area contributed by atoms with E-state index in [0.717, 1.165) is 21.9 Å². The van der Waals surface area contributed by atoms with Crippen molar-refractivity contribution in [3.63, 3.8) is 0 Å². The maximum atomic E-state index is 13.9. The van der Waals surface area contributed by atoms with Gasteiger partial charge in [-0.2, -0.15) is 0 Å². The summed E-state index contributed by atoms with van der Waals surface area (Å²) in [6, 6.07) is 22.1. The van der Waals surface area contributed by atoms with Crippen molar-refractivity contribution in [1.82, 2.24) is 4.57 Å². The minimum Gasteiger partial charge on any atom is -0.480 e. The molecular formula is C28H26N2O5S2. The summed E-state index contributed by atoms with van der Waals surface area (Å²) < 4.78 is 29.9. The highest BCUT2D eigenvalue weighted by Crippen LogP contribution is 2.44. The van der Waals surface area contributed by atoms with Crippen molar-refractivity contribution in [2.24, 2.45) is 0 Å². The Hall–Kier alpha value is -3.56. The Morgan fingerprint density at radius 3 is 2.43 bits per heavy atom. The lowest BCUT2D eigenvalue weighted by Crippen LogP contribution is -2.34. The monoisotopic (exact) mass is 534 g/mol. The average Bonchev–Trinajstić information content (AvgIpc) is 3.32. The van der Waals surface area contributed by atoms with Gasteiger partial charge in [-0.3, -0.25) is 14.1 Å². The maximum absolute atomic E-state index is 13.9. The first kappa shape index (κ1) is 25.1. The Bertz CT molecular complexity index is 1670. The van der Waals surface area contributed by atoms with Gasteiger partial charge in [0.25, 0.3) is 5.56 Å². The van der Waals surface area contributed by atoms with Gasteiger partial charge in [-0.1, -0.05) is 72.8 Å². The molecule has 0 fully saturated rings. The molecule has 0 radical (unpaired) electrons. The molecule has 1 aliphatic heterocycles. The van der Waals surface area contributed by atoms with E-state index in [9.17, 15) is 23.1 Å². The number of aliphatic carboxylic acids is 1. The van der Waals surface area contributed by atoms with Crippen molar-refractivity contribution in [2.75, 3.05) is 10.5 Å². The van der Waals surface area contributed by atoms with Gasteiger partial charge in [0.05, 0.1) is 10.3 Å². The largest absolute Gasteiger partial charge is 0.480 e. The van der Waals surface area contributed by atoms with Crippen LogP contribution in [0, 0.1) is 0 Å². The first-order valence-corrected chi connectivity index (χ1v) is 14.4. The van der Waals surface area contributed by atoms with E-state index in [-0.39, 0.29) is 17.9 Å².